The van der Waals surface area contributed by atoms with Crippen LogP contribution >= 0.6 is 0 Å². The fourth-order valence-electron chi connectivity index (χ4n) is 5.32. The molecule has 1 saturated carbocycles. The molecule has 34 heavy (non-hydrogen) atoms. The average Bonchev–Trinajstić information content (AvgIpc) is 3.44. The number of nitrogens with one attached hydrogen (secondary N) is 2. The first-order valence-electron chi connectivity index (χ1n) is 11.9. The second-order valence-corrected chi connectivity index (χ2v) is 9.56. The van der Waals surface area contributed by atoms with Gasteiger partial charge in [0.2, 0.25) is 11.8 Å². The van der Waals surface area contributed by atoms with Gasteiger partial charge in [-0.1, -0.05) is 37.5 Å². The number of hydrogen-bond donors (Lipinski definition) is 2. The Morgan fingerprint density at radius 1 is 1.12 bits per heavy atom. The third kappa shape index (κ3) is 3.77. The summed E-state index contributed by atoms with van der Waals surface area (Å²) in [6, 6.07) is 11.3. The predicted octanol–water partition coefficient (Wildman–Crippen LogP) is 4.06. The van der Waals surface area contributed by atoms with E-state index in [0.29, 0.717) is 17.1 Å². The summed E-state index contributed by atoms with van der Waals surface area (Å²) in [4.78, 5) is 41.4. The van der Waals surface area contributed by atoms with Gasteiger partial charge in [-0.3, -0.25) is 14.4 Å². The van der Waals surface area contributed by atoms with Crippen LogP contribution in [0.25, 0.3) is 10.9 Å². The number of hydrogen-bond acceptors (Lipinski definition) is 4. The molecule has 0 saturated heterocycles. The van der Waals surface area contributed by atoms with Gasteiger partial charge >= 0.3 is 0 Å². The number of aromatic nitrogens is 1. The molecule has 1 aromatic carbocycles. The van der Waals surface area contributed by atoms with E-state index < -0.39 is 5.54 Å². The molecule has 178 valence electrons. The van der Waals surface area contributed by atoms with Gasteiger partial charge < -0.3 is 24.5 Å². The number of para-hydroxylation sites is 1. The number of fused-ring (bicyclic) bond motifs is 3. The number of anilines is 1. The van der Waals surface area contributed by atoms with E-state index in [1.165, 1.54) is 13.3 Å². The zero-order valence-electron chi connectivity index (χ0n) is 19.6. The molecule has 0 radical (unpaired) electrons. The summed E-state index contributed by atoms with van der Waals surface area (Å²) in [5.74, 6) is -0.142. The van der Waals surface area contributed by atoms with Crippen molar-refractivity contribution in [2.45, 2.75) is 70.6 Å². The molecular formula is C26H30N4O4. The van der Waals surface area contributed by atoms with Crippen molar-refractivity contribution in [3.05, 3.63) is 54.1 Å². The number of nitrogens with zero attached hydrogens (tertiary/aromatic N) is 2. The minimum Gasteiger partial charge on any atom is -0.467 e. The lowest BCUT2D eigenvalue weighted by Gasteiger charge is -2.44. The van der Waals surface area contributed by atoms with E-state index in [4.69, 9.17) is 4.42 Å². The molecule has 5 rings (SSSR count). The van der Waals surface area contributed by atoms with Crippen molar-refractivity contribution in [1.82, 2.24) is 14.8 Å². The van der Waals surface area contributed by atoms with Crippen molar-refractivity contribution in [1.29, 1.82) is 0 Å². The lowest BCUT2D eigenvalue weighted by Crippen LogP contribution is -2.64. The van der Waals surface area contributed by atoms with Crippen molar-refractivity contribution >= 4 is 34.3 Å². The molecule has 2 aromatic heterocycles. The summed E-state index contributed by atoms with van der Waals surface area (Å²) < 4.78 is 7.42. The molecule has 0 bridgehead atoms. The summed E-state index contributed by atoms with van der Waals surface area (Å²) in [6.45, 7) is 3.67. The van der Waals surface area contributed by atoms with Gasteiger partial charge in [0.05, 0.1) is 30.6 Å². The largest absolute Gasteiger partial charge is 0.467 e. The number of benzene rings is 1. The average molecular weight is 463 g/mol. The highest BCUT2D eigenvalue weighted by molar-refractivity contribution is 6.14. The molecule has 1 aliphatic carbocycles. The maximum absolute atomic E-state index is 14.1. The SMILES string of the molecule is CC(=O)Nc1c2n(c3ccccc13)C[C@](C)(C(=O)NC1CCCCC1)N(Cc1ccco1)C2=O. The van der Waals surface area contributed by atoms with Gasteiger partial charge in [0, 0.05) is 18.4 Å². The zero-order valence-corrected chi connectivity index (χ0v) is 19.6. The maximum Gasteiger partial charge on any atom is 0.274 e. The maximum atomic E-state index is 14.1. The number of carbonyl (C=O) groups is 3. The third-order valence-corrected chi connectivity index (χ3v) is 7.11. The van der Waals surface area contributed by atoms with Gasteiger partial charge in [0.25, 0.3) is 5.91 Å². The topological polar surface area (TPSA) is 96.6 Å². The van der Waals surface area contributed by atoms with Crippen molar-refractivity contribution in [3.63, 3.8) is 0 Å². The first kappa shape index (κ1) is 22.3. The molecule has 3 heterocycles. The molecule has 0 unspecified atom stereocenters. The van der Waals surface area contributed by atoms with Crippen molar-refractivity contribution < 1.29 is 18.8 Å². The van der Waals surface area contributed by atoms with E-state index in [-0.39, 0.29) is 36.9 Å². The molecule has 2 N–H and O–H groups in total. The summed E-state index contributed by atoms with van der Waals surface area (Å²) in [7, 11) is 0. The molecule has 8 heteroatoms. The summed E-state index contributed by atoms with van der Waals surface area (Å²) in [5.41, 5.74) is 0.533. The highest BCUT2D eigenvalue weighted by Gasteiger charge is 2.49. The lowest BCUT2D eigenvalue weighted by molar-refractivity contribution is -0.134. The van der Waals surface area contributed by atoms with Gasteiger partial charge in [-0.15, -0.1) is 0 Å². The monoisotopic (exact) mass is 462 g/mol. The van der Waals surface area contributed by atoms with E-state index in [0.717, 1.165) is 36.6 Å². The van der Waals surface area contributed by atoms with Crippen molar-refractivity contribution in [3.8, 4) is 0 Å². The highest BCUT2D eigenvalue weighted by Crippen LogP contribution is 2.39. The molecule has 2 aliphatic rings. The lowest BCUT2D eigenvalue weighted by atomic mass is 9.91. The smallest absolute Gasteiger partial charge is 0.274 e. The Morgan fingerprint density at radius 3 is 2.59 bits per heavy atom. The van der Waals surface area contributed by atoms with Crippen LogP contribution in [-0.4, -0.2) is 38.8 Å². The van der Waals surface area contributed by atoms with Crippen LogP contribution in [0.1, 0.15) is 62.2 Å². The third-order valence-electron chi connectivity index (χ3n) is 7.11. The van der Waals surface area contributed by atoms with Crippen LogP contribution in [0, 0.1) is 0 Å². The van der Waals surface area contributed by atoms with Gasteiger partial charge in [-0.25, -0.2) is 0 Å². The fourth-order valence-corrected chi connectivity index (χ4v) is 5.32. The number of rotatable bonds is 5. The Kier molecular flexibility index (Phi) is 5.67. The molecule has 1 aliphatic heterocycles. The van der Waals surface area contributed by atoms with E-state index in [2.05, 4.69) is 10.6 Å². The molecule has 0 spiro atoms. The normalized spacial score (nSPS) is 20.9. The van der Waals surface area contributed by atoms with Crippen LogP contribution in [-0.2, 0) is 22.7 Å². The predicted molar refractivity (Wildman–Crippen MR) is 128 cm³/mol. The van der Waals surface area contributed by atoms with E-state index in [1.54, 1.807) is 23.3 Å². The standard InChI is InChI=1S/C26H30N4O4/c1-17(31)27-22-20-12-6-7-13-21(20)29-16-26(2,25(33)28-18-9-4-3-5-10-18)30(24(32)23(22)29)15-19-11-8-14-34-19/h6-8,11-14,18H,3-5,9-10,15-16H2,1-2H3,(H,27,31)(H,28,33)/t26-/m1/s1. The number of carbonyl (C=O) groups excluding carboxylic acids is 3. The summed E-state index contributed by atoms with van der Waals surface area (Å²) >= 11 is 0. The minimum atomic E-state index is -1.14. The Labute approximate surface area is 198 Å². The minimum absolute atomic E-state index is 0.122. The number of amides is 3. The summed E-state index contributed by atoms with van der Waals surface area (Å²) in [6.07, 6.45) is 6.86. The molecule has 3 aromatic rings. The van der Waals surface area contributed by atoms with E-state index in [1.807, 2.05) is 35.8 Å². The Morgan fingerprint density at radius 2 is 1.88 bits per heavy atom. The molecule has 3 amide bonds. The van der Waals surface area contributed by atoms with Crippen LogP contribution in [0.4, 0.5) is 5.69 Å². The fraction of sp³-hybridized carbons (Fsp3) is 0.423. The van der Waals surface area contributed by atoms with Gasteiger partial charge in [-0.05, 0) is 38.0 Å². The Balaban J connectivity index is 1.61. The Bertz CT molecular complexity index is 1240. The van der Waals surface area contributed by atoms with Gasteiger partial charge in [0.1, 0.15) is 17.0 Å². The van der Waals surface area contributed by atoms with E-state index in [9.17, 15) is 14.4 Å². The zero-order chi connectivity index (χ0) is 23.9. The van der Waals surface area contributed by atoms with Crippen LogP contribution in [0.2, 0.25) is 0 Å². The molecule has 1 atom stereocenters. The van der Waals surface area contributed by atoms with Crippen LogP contribution < -0.4 is 10.6 Å². The second-order valence-electron chi connectivity index (χ2n) is 9.56. The van der Waals surface area contributed by atoms with Gasteiger partial charge in [0.15, 0.2) is 0 Å². The van der Waals surface area contributed by atoms with Crippen LogP contribution in [0.5, 0.6) is 0 Å². The van der Waals surface area contributed by atoms with E-state index >= 15 is 0 Å². The second kappa shape index (κ2) is 8.66. The molecule has 8 nitrogen and oxygen atoms in total. The first-order chi connectivity index (χ1) is 16.4. The Hall–Kier alpha value is -3.55. The van der Waals surface area contributed by atoms with Gasteiger partial charge in [-0.2, -0.15) is 0 Å². The van der Waals surface area contributed by atoms with Crippen molar-refractivity contribution in [2.75, 3.05) is 5.32 Å². The van der Waals surface area contributed by atoms with Crippen LogP contribution in [0.3, 0.4) is 0 Å². The number of furan rings is 1. The molecule has 1 fully saturated rings. The highest BCUT2D eigenvalue weighted by atomic mass is 16.3. The molecular weight excluding hydrogens is 432 g/mol. The quantitative estimate of drug-likeness (QED) is 0.598. The van der Waals surface area contributed by atoms with Crippen molar-refractivity contribution in [2.24, 2.45) is 0 Å². The summed E-state index contributed by atoms with van der Waals surface area (Å²) in [5, 5.41) is 6.86. The van der Waals surface area contributed by atoms with Crippen LogP contribution in [0.15, 0.2) is 47.1 Å². The first-order valence-corrected chi connectivity index (χ1v) is 11.9.